The highest BCUT2D eigenvalue weighted by atomic mass is 16.5. The summed E-state index contributed by atoms with van der Waals surface area (Å²) in [6.45, 7) is 3.19. The van der Waals surface area contributed by atoms with Gasteiger partial charge in [0.15, 0.2) is 0 Å². The van der Waals surface area contributed by atoms with Crippen molar-refractivity contribution in [2.24, 2.45) is 0 Å². The predicted octanol–water partition coefficient (Wildman–Crippen LogP) is 2.03. The van der Waals surface area contributed by atoms with E-state index in [-0.39, 0.29) is 12.6 Å². The molecule has 0 spiro atoms. The molecule has 142 valence electrons. The van der Waals surface area contributed by atoms with Gasteiger partial charge in [0.05, 0.1) is 25.0 Å². The Morgan fingerprint density at radius 3 is 2.86 bits per heavy atom. The molecule has 0 unspecified atom stereocenters. The Morgan fingerprint density at radius 2 is 2.14 bits per heavy atom. The average Bonchev–Trinajstić information content (AvgIpc) is 3.09. The maximum Gasteiger partial charge on any atom is 0.226 e. The Balaban J connectivity index is 1.80. The van der Waals surface area contributed by atoms with Crippen LogP contribution < -0.4 is 9.64 Å². The second-order valence-electron chi connectivity index (χ2n) is 6.79. The van der Waals surface area contributed by atoms with Crippen molar-refractivity contribution in [2.45, 2.75) is 19.6 Å². The van der Waals surface area contributed by atoms with Gasteiger partial charge in [-0.2, -0.15) is 10.4 Å². The Kier molecular flexibility index (Phi) is 4.67. The molecule has 0 amide bonds. The summed E-state index contributed by atoms with van der Waals surface area (Å²) in [4.78, 5) is 10.9. The number of hydrogen-bond acceptors (Lipinski definition) is 7. The third-order valence-corrected chi connectivity index (χ3v) is 4.62. The lowest BCUT2D eigenvalue weighted by Gasteiger charge is -2.35. The summed E-state index contributed by atoms with van der Waals surface area (Å²) in [7, 11) is 1.63. The zero-order chi connectivity index (χ0) is 19.7. The standard InChI is InChI=1S/C20H20N6O2/c1-13-7-14(9-16(8-13)28-2)19-17(12-26(24-19)6-4-21)18-3-5-22-20(23-18)25-10-15(27)11-25/h3,5,7-9,12,15,27H,6,10-11H2,1-2H3. The van der Waals surface area contributed by atoms with Crippen molar-refractivity contribution in [1.29, 1.82) is 5.26 Å². The number of aliphatic hydroxyl groups is 1. The molecule has 4 rings (SSSR count). The van der Waals surface area contributed by atoms with Crippen LogP contribution in [0.25, 0.3) is 22.5 Å². The number of benzene rings is 1. The van der Waals surface area contributed by atoms with Gasteiger partial charge in [0, 0.05) is 36.6 Å². The normalized spacial score (nSPS) is 13.9. The quantitative estimate of drug-likeness (QED) is 0.727. The first-order valence-corrected chi connectivity index (χ1v) is 8.94. The van der Waals surface area contributed by atoms with Crippen LogP contribution in [-0.2, 0) is 6.54 Å². The number of rotatable bonds is 5. The molecule has 3 aromatic rings. The lowest BCUT2D eigenvalue weighted by Crippen LogP contribution is -2.51. The Bertz CT molecular complexity index is 1050. The van der Waals surface area contributed by atoms with Gasteiger partial charge in [0.25, 0.3) is 0 Å². The molecule has 28 heavy (non-hydrogen) atoms. The second kappa shape index (κ2) is 7.29. The number of anilines is 1. The van der Waals surface area contributed by atoms with Crippen LogP contribution in [0.4, 0.5) is 5.95 Å². The number of aromatic nitrogens is 4. The van der Waals surface area contributed by atoms with E-state index in [1.54, 1.807) is 18.0 Å². The third kappa shape index (κ3) is 3.40. The molecule has 1 saturated heterocycles. The maximum atomic E-state index is 9.54. The summed E-state index contributed by atoms with van der Waals surface area (Å²) in [6.07, 6.45) is 3.19. The van der Waals surface area contributed by atoms with Gasteiger partial charge in [-0.25, -0.2) is 9.97 Å². The summed E-state index contributed by atoms with van der Waals surface area (Å²) in [5.74, 6) is 1.32. The molecule has 1 aliphatic heterocycles. The van der Waals surface area contributed by atoms with Crippen molar-refractivity contribution in [1.82, 2.24) is 19.7 Å². The Labute approximate surface area is 162 Å². The largest absolute Gasteiger partial charge is 0.497 e. The molecule has 8 heteroatoms. The van der Waals surface area contributed by atoms with Crippen LogP contribution in [0.1, 0.15) is 5.56 Å². The van der Waals surface area contributed by atoms with E-state index in [1.807, 2.05) is 42.3 Å². The first-order chi connectivity index (χ1) is 13.6. The number of hydrogen-bond donors (Lipinski definition) is 1. The van der Waals surface area contributed by atoms with E-state index in [4.69, 9.17) is 10.00 Å². The molecule has 0 atom stereocenters. The fourth-order valence-corrected chi connectivity index (χ4v) is 3.25. The minimum absolute atomic E-state index is 0.145. The van der Waals surface area contributed by atoms with Crippen LogP contribution in [0.3, 0.4) is 0 Å². The van der Waals surface area contributed by atoms with Crippen molar-refractivity contribution in [2.75, 3.05) is 25.1 Å². The molecule has 1 aliphatic rings. The highest BCUT2D eigenvalue weighted by Gasteiger charge is 2.27. The molecule has 8 nitrogen and oxygen atoms in total. The van der Waals surface area contributed by atoms with E-state index in [0.29, 0.717) is 24.7 Å². The van der Waals surface area contributed by atoms with Crippen LogP contribution in [0.5, 0.6) is 5.75 Å². The summed E-state index contributed by atoms with van der Waals surface area (Å²) in [5.41, 5.74) is 4.19. The zero-order valence-corrected chi connectivity index (χ0v) is 15.7. The van der Waals surface area contributed by atoms with Gasteiger partial charge in [0.1, 0.15) is 18.0 Å². The van der Waals surface area contributed by atoms with E-state index in [9.17, 15) is 5.11 Å². The lowest BCUT2D eigenvalue weighted by atomic mass is 10.0. The van der Waals surface area contributed by atoms with Gasteiger partial charge < -0.3 is 14.7 Å². The molecule has 3 heterocycles. The van der Waals surface area contributed by atoms with Crippen LogP contribution >= 0.6 is 0 Å². The van der Waals surface area contributed by atoms with Crippen LogP contribution in [-0.4, -0.2) is 51.2 Å². The van der Waals surface area contributed by atoms with E-state index in [1.165, 1.54) is 0 Å². The minimum Gasteiger partial charge on any atom is -0.497 e. The van der Waals surface area contributed by atoms with Crippen molar-refractivity contribution >= 4 is 5.95 Å². The van der Waals surface area contributed by atoms with Gasteiger partial charge >= 0.3 is 0 Å². The third-order valence-electron chi connectivity index (χ3n) is 4.62. The van der Waals surface area contributed by atoms with E-state index >= 15 is 0 Å². The molecule has 1 N–H and O–H groups in total. The first kappa shape index (κ1) is 17.9. The molecule has 0 aliphatic carbocycles. The van der Waals surface area contributed by atoms with E-state index in [2.05, 4.69) is 21.1 Å². The second-order valence-corrected chi connectivity index (χ2v) is 6.79. The number of ether oxygens (including phenoxy) is 1. The van der Waals surface area contributed by atoms with Gasteiger partial charge in [-0.15, -0.1) is 0 Å². The number of nitrogens with zero attached hydrogens (tertiary/aromatic N) is 6. The smallest absolute Gasteiger partial charge is 0.226 e. The van der Waals surface area contributed by atoms with Gasteiger partial charge in [0.2, 0.25) is 5.95 Å². The first-order valence-electron chi connectivity index (χ1n) is 8.94. The fraction of sp³-hybridized carbons (Fsp3) is 0.300. The van der Waals surface area contributed by atoms with Gasteiger partial charge in [-0.05, 0) is 36.8 Å². The number of β-amino-alcohol motifs (C(OH)–C–C–N with tert-alkyl or cyclic N) is 1. The number of nitriles is 1. The summed E-state index contributed by atoms with van der Waals surface area (Å²) in [6, 6.07) is 9.84. The molecule has 0 saturated carbocycles. The monoisotopic (exact) mass is 376 g/mol. The van der Waals surface area contributed by atoms with Crippen molar-refractivity contribution in [3.63, 3.8) is 0 Å². The minimum atomic E-state index is -0.332. The molecule has 0 bridgehead atoms. The SMILES string of the molecule is COc1cc(C)cc(-c2nn(CC#N)cc2-c2ccnc(N3CC(O)C3)n2)c1. The van der Waals surface area contributed by atoms with E-state index < -0.39 is 0 Å². The summed E-state index contributed by atoms with van der Waals surface area (Å²) < 4.78 is 7.00. The average molecular weight is 376 g/mol. The Hall–Kier alpha value is -3.44. The van der Waals surface area contributed by atoms with Gasteiger partial charge in [-0.3, -0.25) is 4.68 Å². The molecular weight excluding hydrogens is 356 g/mol. The van der Waals surface area contributed by atoms with Crippen molar-refractivity contribution in [3.05, 3.63) is 42.2 Å². The molecule has 1 fully saturated rings. The van der Waals surface area contributed by atoms with Crippen molar-refractivity contribution < 1.29 is 9.84 Å². The van der Waals surface area contributed by atoms with Gasteiger partial charge in [-0.1, -0.05) is 0 Å². The van der Waals surface area contributed by atoms with Crippen LogP contribution in [0, 0.1) is 18.3 Å². The van der Waals surface area contributed by atoms with Crippen molar-refractivity contribution in [3.8, 4) is 34.3 Å². The van der Waals surface area contributed by atoms with Crippen LogP contribution in [0.2, 0.25) is 0 Å². The number of aliphatic hydroxyl groups excluding tert-OH is 1. The number of methoxy groups -OCH3 is 1. The molecule has 1 aromatic carbocycles. The van der Waals surface area contributed by atoms with Crippen LogP contribution in [0.15, 0.2) is 36.7 Å². The fourth-order valence-electron chi connectivity index (χ4n) is 3.25. The lowest BCUT2D eigenvalue weighted by molar-refractivity contribution is 0.140. The highest BCUT2D eigenvalue weighted by molar-refractivity contribution is 5.79. The molecular formula is C20H20N6O2. The molecule has 2 aromatic heterocycles. The summed E-state index contributed by atoms with van der Waals surface area (Å²) in [5, 5.41) is 23.2. The maximum absolute atomic E-state index is 9.54. The topological polar surface area (TPSA) is 100 Å². The van der Waals surface area contributed by atoms with E-state index in [0.717, 1.165) is 28.1 Å². The highest BCUT2D eigenvalue weighted by Crippen LogP contribution is 2.33. The number of aryl methyl sites for hydroxylation is 1. The Morgan fingerprint density at radius 1 is 1.32 bits per heavy atom. The summed E-state index contributed by atoms with van der Waals surface area (Å²) >= 11 is 0. The zero-order valence-electron chi connectivity index (χ0n) is 15.7. The molecule has 0 radical (unpaired) electrons. The predicted molar refractivity (Wildman–Crippen MR) is 104 cm³/mol.